The SMILES string of the molecule is CNC(C)Cc1noc(-c2nn(-c3ccccc3C(F)(F)F)c(C)cc2=O)n1.Cl. The van der Waals surface area contributed by atoms with Gasteiger partial charge in [-0.1, -0.05) is 17.3 Å². The van der Waals surface area contributed by atoms with E-state index >= 15 is 0 Å². The Kier molecular flexibility index (Phi) is 6.81. The van der Waals surface area contributed by atoms with E-state index in [9.17, 15) is 18.0 Å². The Morgan fingerprint density at radius 1 is 1.28 bits per heavy atom. The molecule has 0 radical (unpaired) electrons. The van der Waals surface area contributed by atoms with Crippen molar-refractivity contribution in [2.24, 2.45) is 0 Å². The Hall–Kier alpha value is -2.72. The van der Waals surface area contributed by atoms with Crippen LogP contribution >= 0.6 is 12.4 Å². The maximum atomic E-state index is 13.4. The number of nitrogens with one attached hydrogen (secondary N) is 1. The van der Waals surface area contributed by atoms with Gasteiger partial charge in [-0.05, 0) is 33.0 Å². The van der Waals surface area contributed by atoms with Crippen LogP contribution in [0.3, 0.4) is 0 Å². The lowest BCUT2D eigenvalue weighted by Crippen LogP contribution is -2.24. The maximum Gasteiger partial charge on any atom is 0.418 e. The Morgan fingerprint density at radius 3 is 2.62 bits per heavy atom. The number of para-hydroxylation sites is 1. The summed E-state index contributed by atoms with van der Waals surface area (Å²) in [4.78, 5) is 16.5. The summed E-state index contributed by atoms with van der Waals surface area (Å²) in [6, 6.07) is 6.26. The zero-order chi connectivity index (χ0) is 20.5. The molecule has 0 aliphatic heterocycles. The lowest BCUT2D eigenvalue weighted by atomic mass is 10.1. The molecular formula is C18H19ClF3N5O2. The number of nitrogens with zero attached hydrogens (tertiary/aromatic N) is 4. The Morgan fingerprint density at radius 2 is 1.97 bits per heavy atom. The van der Waals surface area contributed by atoms with Crippen molar-refractivity contribution in [3.05, 3.63) is 57.6 Å². The summed E-state index contributed by atoms with van der Waals surface area (Å²) in [5.41, 5.74) is -1.55. The van der Waals surface area contributed by atoms with Gasteiger partial charge in [-0.2, -0.15) is 23.3 Å². The number of hydrogen-bond acceptors (Lipinski definition) is 6. The maximum absolute atomic E-state index is 13.4. The molecule has 0 spiro atoms. The van der Waals surface area contributed by atoms with Crippen LogP contribution in [0.1, 0.15) is 24.0 Å². The number of likely N-dealkylation sites (N-methyl/N-ethyl adjacent to an activating group) is 1. The van der Waals surface area contributed by atoms with Gasteiger partial charge in [0, 0.05) is 24.2 Å². The first-order valence-electron chi connectivity index (χ1n) is 8.48. The minimum absolute atomic E-state index is 0. The number of aromatic nitrogens is 4. The van der Waals surface area contributed by atoms with E-state index in [1.54, 1.807) is 7.05 Å². The van der Waals surface area contributed by atoms with Crippen molar-refractivity contribution in [2.45, 2.75) is 32.5 Å². The van der Waals surface area contributed by atoms with E-state index in [4.69, 9.17) is 4.52 Å². The van der Waals surface area contributed by atoms with E-state index in [0.717, 1.165) is 10.7 Å². The van der Waals surface area contributed by atoms with E-state index in [1.807, 2.05) is 6.92 Å². The Labute approximate surface area is 170 Å². The fourth-order valence-electron chi connectivity index (χ4n) is 2.65. The molecule has 7 nitrogen and oxygen atoms in total. The quantitative estimate of drug-likeness (QED) is 0.670. The molecule has 1 N–H and O–H groups in total. The monoisotopic (exact) mass is 429 g/mol. The average Bonchev–Trinajstić information content (AvgIpc) is 3.09. The second-order valence-corrected chi connectivity index (χ2v) is 6.33. The molecule has 11 heteroatoms. The van der Waals surface area contributed by atoms with Crippen molar-refractivity contribution in [1.29, 1.82) is 0 Å². The number of benzene rings is 1. The highest BCUT2D eigenvalue weighted by Crippen LogP contribution is 2.33. The third-order valence-corrected chi connectivity index (χ3v) is 4.20. The van der Waals surface area contributed by atoms with Crippen molar-refractivity contribution >= 4 is 12.4 Å². The molecule has 1 aromatic carbocycles. The number of alkyl halides is 3. The van der Waals surface area contributed by atoms with Crippen LogP contribution in [0.5, 0.6) is 0 Å². The molecule has 0 bridgehead atoms. The highest BCUT2D eigenvalue weighted by atomic mass is 35.5. The molecule has 1 atom stereocenters. The van der Waals surface area contributed by atoms with Crippen molar-refractivity contribution < 1.29 is 17.7 Å². The first-order valence-corrected chi connectivity index (χ1v) is 8.48. The Balaban J connectivity index is 0.00000300. The number of rotatable bonds is 5. The van der Waals surface area contributed by atoms with Gasteiger partial charge in [-0.15, -0.1) is 12.4 Å². The third-order valence-electron chi connectivity index (χ3n) is 4.20. The second-order valence-electron chi connectivity index (χ2n) is 6.33. The summed E-state index contributed by atoms with van der Waals surface area (Å²) in [7, 11) is 1.78. The van der Waals surface area contributed by atoms with Crippen LogP contribution < -0.4 is 10.7 Å². The van der Waals surface area contributed by atoms with Crippen LogP contribution in [-0.4, -0.2) is 33.0 Å². The van der Waals surface area contributed by atoms with Gasteiger partial charge in [0.2, 0.25) is 5.43 Å². The van der Waals surface area contributed by atoms with Crippen LogP contribution in [0.25, 0.3) is 17.3 Å². The molecular weight excluding hydrogens is 411 g/mol. The van der Waals surface area contributed by atoms with E-state index < -0.39 is 17.2 Å². The fraction of sp³-hybridized carbons (Fsp3) is 0.333. The van der Waals surface area contributed by atoms with Crippen molar-refractivity contribution in [2.75, 3.05) is 7.05 Å². The standard InChI is InChI=1S/C18H18F3N5O2.ClH/c1-10(22-3)8-15-23-17(28-25-15)16-14(27)9-11(2)26(24-16)13-7-5-4-6-12(13)18(19,20)21;/h4-7,9-10,22H,8H2,1-3H3;1H. The van der Waals surface area contributed by atoms with Gasteiger partial charge in [0.1, 0.15) is 0 Å². The van der Waals surface area contributed by atoms with Gasteiger partial charge in [-0.25, -0.2) is 4.68 Å². The first-order chi connectivity index (χ1) is 13.2. The van der Waals surface area contributed by atoms with Gasteiger partial charge in [0.25, 0.3) is 5.89 Å². The van der Waals surface area contributed by atoms with Gasteiger partial charge < -0.3 is 9.84 Å². The van der Waals surface area contributed by atoms with Gasteiger partial charge >= 0.3 is 6.18 Å². The molecule has 0 aliphatic carbocycles. The fourth-order valence-corrected chi connectivity index (χ4v) is 2.65. The van der Waals surface area contributed by atoms with Gasteiger partial charge in [0.05, 0.1) is 11.3 Å². The molecule has 0 saturated carbocycles. The molecule has 0 saturated heterocycles. The van der Waals surface area contributed by atoms with Crippen LogP contribution in [0.15, 0.2) is 39.6 Å². The van der Waals surface area contributed by atoms with Crippen LogP contribution in [-0.2, 0) is 12.6 Å². The van der Waals surface area contributed by atoms with Gasteiger partial charge in [-0.3, -0.25) is 4.79 Å². The van der Waals surface area contributed by atoms with Crippen molar-refractivity contribution in [3.8, 4) is 17.3 Å². The van der Waals surface area contributed by atoms with E-state index in [0.29, 0.717) is 12.2 Å². The third kappa shape index (κ3) is 4.83. The highest BCUT2D eigenvalue weighted by molar-refractivity contribution is 5.85. The molecule has 2 aromatic heterocycles. The molecule has 3 rings (SSSR count). The van der Waals surface area contributed by atoms with E-state index in [1.165, 1.54) is 31.2 Å². The van der Waals surface area contributed by atoms with Crippen LogP contribution in [0.2, 0.25) is 0 Å². The predicted octanol–water partition coefficient (Wildman–Crippen LogP) is 3.18. The second kappa shape index (κ2) is 8.75. The summed E-state index contributed by atoms with van der Waals surface area (Å²) in [5, 5.41) is 10.9. The summed E-state index contributed by atoms with van der Waals surface area (Å²) >= 11 is 0. The first kappa shape index (κ1) is 22.6. The van der Waals surface area contributed by atoms with Crippen LogP contribution in [0.4, 0.5) is 13.2 Å². The van der Waals surface area contributed by atoms with Crippen LogP contribution in [0, 0.1) is 6.92 Å². The summed E-state index contributed by atoms with van der Waals surface area (Å²) in [5.74, 6) is 0.224. The molecule has 156 valence electrons. The number of aryl methyl sites for hydroxylation is 1. The minimum atomic E-state index is -4.57. The van der Waals surface area contributed by atoms with E-state index in [2.05, 4.69) is 20.6 Å². The Bertz CT molecular complexity index is 1050. The molecule has 0 amide bonds. The topological polar surface area (TPSA) is 85.8 Å². The minimum Gasteiger partial charge on any atom is -0.332 e. The lowest BCUT2D eigenvalue weighted by Gasteiger charge is -2.16. The van der Waals surface area contributed by atoms with E-state index in [-0.39, 0.29) is 41.4 Å². The predicted molar refractivity (Wildman–Crippen MR) is 102 cm³/mol. The normalized spacial score (nSPS) is 12.5. The molecule has 29 heavy (non-hydrogen) atoms. The molecule has 0 fully saturated rings. The zero-order valence-corrected chi connectivity index (χ0v) is 16.6. The summed E-state index contributed by atoms with van der Waals surface area (Å²) in [6.07, 6.45) is -4.12. The average molecular weight is 430 g/mol. The highest BCUT2D eigenvalue weighted by Gasteiger charge is 2.34. The molecule has 0 aliphatic rings. The number of halogens is 4. The largest absolute Gasteiger partial charge is 0.418 e. The van der Waals surface area contributed by atoms with Crippen molar-refractivity contribution in [1.82, 2.24) is 25.2 Å². The molecule has 2 heterocycles. The number of hydrogen-bond donors (Lipinski definition) is 1. The summed E-state index contributed by atoms with van der Waals surface area (Å²) in [6.45, 7) is 3.42. The molecule has 3 aromatic rings. The smallest absolute Gasteiger partial charge is 0.332 e. The lowest BCUT2D eigenvalue weighted by molar-refractivity contribution is -0.137. The zero-order valence-electron chi connectivity index (χ0n) is 15.8. The summed E-state index contributed by atoms with van der Waals surface area (Å²) < 4.78 is 46.3. The van der Waals surface area contributed by atoms with Gasteiger partial charge in [0.15, 0.2) is 11.5 Å². The molecule has 1 unspecified atom stereocenters. The van der Waals surface area contributed by atoms with Crippen molar-refractivity contribution in [3.63, 3.8) is 0 Å².